The summed E-state index contributed by atoms with van der Waals surface area (Å²) in [6, 6.07) is 9.08. The second-order valence-electron chi connectivity index (χ2n) is 2.35. The second-order valence-corrected chi connectivity index (χ2v) is 2.35. The van der Waals surface area contributed by atoms with Crippen molar-refractivity contribution >= 4 is 10.9 Å². The number of para-hydroxylation sites is 1. The zero-order valence-electron chi connectivity index (χ0n) is 5.86. The lowest BCUT2D eigenvalue weighted by molar-refractivity contribution is 0.481. The fourth-order valence-electron chi connectivity index (χ4n) is 1.08. The zero-order chi connectivity index (χ0) is 7.68. The molecule has 0 atom stereocenters. The Bertz CT molecular complexity index is 379. The van der Waals surface area contributed by atoms with Gasteiger partial charge in [0.15, 0.2) is 0 Å². The van der Waals surface area contributed by atoms with E-state index in [0.29, 0.717) is 0 Å². The maximum absolute atomic E-state index is 9.33. The number of fused-ring (bicyclic) bond motifs is 1. The number of hydrogen-bond donors (Lipinski definition) is 1. The van der Waals surface area contributed by atoms with Gasteiger partial charge in [-0.05, 0) is 18.2 Å². The van der Waals surface area contributed by atoms with Crippen LogP contribution in [0, 0.1) is 0 Å². The second kappa shape index (κ2) is 3.22. The molecule has 0 unspecified atom stereocenters. The number of benzene rings is 1. The van der Waals surface area contributed by atoms with Crippen molar-refractivity contribution < 1.29 is 5.11 Å². The van der Waals surface area contributed by atoms with E-state index < -0.39 is 0 Å². The standard InChI is InChI=1S/C9H7NO.CH4/c11-9-5-6-10-8-4-2-1-3-7(8)9;/h1-6H,(H,10,11);1H4. The monoisotopic (exact) mass is 161 g/mol. The first-order valence-electron chi connectivity index (χ1n) is 3.40. The molecule has 0 aliphatic carbocycles. The molecule has 0 bridgehead atoms. The van der Waals surface area contributed by atoms with E-state index in [4.69, 9.17) is 0 Å². The smallest absolute Gasteiger partial charge is 0.126 e. The molecule has 0 fully saturated rings. The van der Waals surface area contributed by atoms with Gasteiger partial charge in [-0.15, -0.1) is 0 Å². The van der Waals surface area contributed by atoms with Gasteiger partial charge in [-0.25, -0.2) is 0 Å². The molecule has 2 nitrogen and oxygen atoms in total. The predicted molar refractivity (Wildman–Crippen MR) is 50.1 cm³/mol. The van der Waals surface area contributed by atoms with Gasteiger partial charge in [0.25, 0.3) is 0 Å². The van der Waals surface area contributed by atoms with E-state index in [0.717, 1.165) is 10.9 Å². The molecule has 0 radical (unpaired) electrons. The van der Waals surface area contributed by atoms with E-state index in [1.54, 1.807) is 12.3 Å². The fourth-order valence-corrected chi connectivity index (χ4v) is 1.08. The minimum atomic E-state index is 0. The highest BCUT2D eigenvalue weighted by atomic mass is 16.3. The Morgan fingerprint density at radius 1 is 1.08 bits per heavy atom. The lowest BCUT2D eigenvalue weighted by Gasteiger charge is -1.96. The normalized spacial score (nSPS) is 9.33. The molecule has 1 heterocycles. The first-order chi connectivity index (χ1) is 5.38. The third-order valence-corrected chi connectivity index (χ3v) is 1.63. The highest BCUT2D eigenvalue weighted by Crippen LogP contribution is 2.20. The minimum Gasteiger partial charge on any atom is -0.507 e. The summed E-state index contributed by atoms with van der Waals surface area (Å²) in [6.07, 6.45) is 1.59. The molecular formula is C10H11NO. The van der Waals surface area contributed by atoms with Crippen LogP contribution in [-0.4, -0.2) is 10.1 Å². The van der Waals surface area contributed by atoms with Gasteiger partial charge in [-0.3, -0.25) is 4.98 Å². The number of aromatic hydroxyl groups is 1. The quantitative estimate of drug-likeness (QED) is 0.644. The van der Waals surface area contributed by atoms with E-state index in [2.05, 4.69) is 4.98 Å². The van der Waals surface area contributed by atoms with Crippen LogP contribution in [0.25, 0.3) is 10.9 Å². The lowest BCUT2D eigenvalue weighted by atomic mass is 10.2. The Labute approximate surface area is 71.5 Å². The molecule has 62 valence electrons. The summed E-state index contributed by atoms with van der Waals surface area (Å²) in [5.41, 5.74) is 0.826. The van der Waals surface area contributed by atoms with Crippen molar-refractivity contribution in [2.75, 3.05) is 0 Å². The number of hydrogen-bond acceptors (Lipinski definition) is 2. The van der Waals surface area contributed by atoms with Crippen LogP contribution >= 0.6 is 0 Å². The number of rotatable bonds is 0. The summed E-state index contributed by atoms with van der Waals surface area (Å²) in [5, 5.41) is 10.1. The van der Waals surface area contributed by atoms with Crippen LogP contribution in [0.15, 0.2) is 36.5 Å². The van der Waals surface area contributed by atoms with Crippen molar-refractivity contribution in [3.63, 3.8) is 0 Å². The maximum Gasteiger partial charge on any atom is 0.126 e. The van der Waals surface area contributed by atoms with Gasteiger partial charge in [0, 0.05) is 11.6 Å². The molecule has 12 heavy (non-hydrogen) atoms. The zero-order valence-corrected chi connectivity index (χ0v) is 5.86. The molecule has 1 N–H and O–H groups in total. The van der Waals surface area contributed by atoms with Gasteiger partial charge in [-0.1, -0.05) is 19.6 Å². The summed E-state index contributed by atoms with van der Waals surface area (Å²) in [7, 11) is 0. The fraction of sp³-hybridized carbons (Fsp3) is 0.100. The van der Waals surface area contributed by atoms with Crippen molar-refractivity contribution in [2.24, 2.45) is 0 Å². The summed E-state index contributed by atoms with van der Waals surface area (Å²) in [6.45, 7) is 0. The van der Waals surface area contributed by atoms with Gasteiger partial charge in [0.2, 0.25) is 0 Å². The minimum absolute atomic E-state index is 0. The Hall–Kier alpha value is -1.57. The molecule has 0 saturated heterocycles. The number of aromatic nitrogens is 1. The summed E-state index contributed by atoms with van der Waals surface area (Å²) >= 11 is 0. The summed E-state index contributed by atoms with van der Waals surface area (Å²) in [4.78, 5) is 4.08. The van der Waals surface area contributed by atoms with Crippen molar-refractivity contribution in [1.82, 2.24) is 4.98 Å². The Kier molecular flexibility index (Phi) is 2.29. The van der Waals surface area contributed by atoms with E-state index in [1.165, 1.54) is 0 Å². The molecule has 2 rings (SSSR count). The average Bonchev–Trinajstić information content (AvgIpc) is 2.06. The third kappa shape index (κ3) is 1.23. The van der Waals surface area contributed by atoms with Gasteiger partial charge < -0.3 is 5.11 Å². The molecule has 1 aromatic heterocycles. The Morgan fingerprint density at radius 2 is 1.83 bits per heavy atom. The molecule has 2 aromatic rings. The van der Waals surface area contributed by atoms with Crippen LogP contribution in [-0.2, 0) is 0 Å². The van der Waals surface area contributed by atoms with Crippen LogP contribution in [0.3, 0.4) is 0 Å². The molecular weight excluding hydrogens is 150 g/mol. The summed E-state index contributed by atoms with van der Waals surface area (Å²) < 4.78 is 0. The van der Waals surface area contributed by atoms with Crippen LogP contribution in [0.4, 0.5) is 0 Å². The third-order valence-electron chi connectivity index (χ3n) is 1.63. The largest absolute Gasteiger partial charge is 0.507 e. The highest BCUT2D eigenvalue weighted by molar-refractivity contribution is 5.84. The lowest BCUT2D eigenvalue weighted by Crippen LogP contribution is -1.76. The summed E-state index contributed by atoms with van der Waals surface area (Å²) in [5.74, 6) is 0.288. The van der Waals surface area contributed by atoms with Crippen molar-refractivity contribution in [2.45, 2.75) is 7.43 Å². The van der Waals surface area contributed by atoms with Crippen LogP contribution in [0.2, 0.25) is 0 Å². The van der Waals surface area contributed by atoms with Crippen molar-refractivity contribution in [3.8, 4) is 5.75 Å². The van der Waals surface area contributed by atoms with Crippen molar-refractivity contribution in [3.05, 3.63) is 36.5 Å². The van der Waals surface area contributed by atoms with Crippen LogP contribution < -0.4 is 0 Å². The average molecular weight is 161 g/mol. The Balaban J connectivity index is 0.000000720. The topological polar surface area (TPSA) is 33.1 Å². The highest BCUT2D eigenvalue weighted by Gasteiger charge is 1.95. The molecule has 0 aliphatic heterocycles. The SMILES string of the molecule is C.Oc1ccnc2ccccc12. The van der Waals surface area contributed by atoms with Gasteiger partial charge in [0.05, 0.1) is 5.52 Å². The number of pyridine rings is 1. The van der Waals surface area contributed by atoms with E-state index in [9.17, 15) is 5.11 Å². The van der Waals surface area contributed by atoms with E-state index in [-0.39, 0.29) is 13.2 Å². The molecule has 2 heteroatoms. The molecule has 0 saturated carbocycles. The Morgan fingerprint density at radius 3 is 2.58 bits per heavy atom. The van der Waals surface area contributed by atoms with Gasteiger partial charge >= 0.3 is 0 Å². The number of nitrogens with zero attached hydrogens (tertiary/aromatic N) is 1. The molecule has 0 spiro atoms. The van der Waals surface area contributed by atoms with Crippen LogP contribution in [0.5, 0.6) is 5.75 Å². The molecule has 1 aromatic carbocycles. The predicted octanol–water partition coefficient (Wildman–Crippen LogP) is 2.58. The molecule has 0 amide bonds. The first-order valence-corrected chi connectivity index (χ1v) is 3.40. The van der Waals surface area contributed by atoms with E-state index in [1.807, 2.05) is 24.3 Å². The van der Waals surface area contributed by atoms with Crippen molar-refractivity contribution in [1.29, 1.82) is 0 Å². The van der Waals surface area contributed by atoms with E-state index >= 15 is 0 Å². The maximum atomic E-state index is 9.33. The van der Waals surface area contributed by atoms with Gasteiger partial charge in [-0.2, -0.15) is 0 Å². The van der Waals surface area contributed by atoms with Crippen LogP contribution in [0.1, 0.15) is 7.43 Å². The van der Waals surface area contributed by atoms with Gasteiger partial charge in [0.1, 0.15) is 5.75 Å². The first kappa shape index (κ1) is 8.53. The molecule has 0 aliphatic rings.